The van der Waals surface area contributed by atoms with Gasteiger partial charge in [0.1, 0.15) is 11.9 Å². The Morgan fingerprint density at radius 3 is 2.54 bits per heavy atom. The highest BCUT2D eigenvalue weighted by Gasteiger charge is 2.25. The Balaban J connectivity index is 2.17. The quantitative estimate of drug-likeness (QED) is 0.690. The number of benzene rings is 2. The third-order valence-electron chi connectivity index (χ3n) is 3.44. The van der Waals surface area contributed by atoms with Crippen LogP contribution in [0.2, 0.25) is 5.02 Å². The molecule has 9 heteroatoms. The zero-order valence-corrected chi connectivity index (χ0v) is 16.3. The second kappa shape index (κ2) is 9.36. The van der Waals surface area contributed by atoms with Crippen LogP contribution < -0.4 is 10.0 Å². The van der Waals surface area contributed by atoms with Crippen LogP contribution in [0.5, 0.6) is 0 Å². The van der Waals surface area contributed by atoms with E-state index < -0.39 is 27.8 Å². The van der Waals surface area contributed by atoms with Gasteiger partial charge in [-0.2, -0.15) is 16.5 Å². The molecule has 5 nitrogen and oxygen atoms in total. The largest absolute Gasteiger partial charge is 0.325 e. The topological polar surface area (TPSA) is 75.3 Å². The van der Waals surface area contributed by atoms with Gasteiger partial charge in [-0.15, -0.1) is 0 Å². The number of rotatable bonds is 8. The summed E-state index contributed by atoms with van der Waals surface area (Å²) in [4.78, 5) is 12.5. The lowest BCUT2D eigenvalue weighted by Crippen LogP contribution is -2.44. The van der Waals surface area contributed by atoms with Crippen molar-refractivity contribution in [3.8, 4) is 0 Å². The lowest BCUT2D eigenvalue weighted by molar-refractivity contribution is -0.117. The van der Waals surface area contributed by atoms with E-state index in [0.29, 0.717) is 10.8 Å². The maximum Gasteiger partial charge on any atom is 0.242 e. The molecule has 0 aliphatic heterocycles. The van der Waals surface area contributed by atoms with Crippen molar-refractivity contribution in [2.75, 3.05) is 17.3 Å². The molecule has 1 atom stereocenters. The minimum atomic E-state index is -3.90. The number of thioether (sulfide) groups is 1. The van der Waals surface area contributed by atoms with Crippen molar-refractivity contribution in [1.82, 2.24) is 4.72 Å². The third kappa shape index (κ3) is 5.98. The summed E-state index contributed by atoms with van der Waals surface area (Å²) >= 11 is 7.26. The van der Waals surface area contributed by atoms with E-state index in [0.717, 1.165) is 6.07 Å². The molecule has 0 aromatic heterocycles. The summed E-state index contributed by atoms with van der Waals surface area (Å²) in [5.41, 5.74) is 0.259. The monoisotopic (exact) mass is 416 g/mol. The van der Waals surface area contributed by atoms with Crippen LogP contribution in [0.4, 0.5) is 10.1 Å². The van der Waals surface area contributed by atoms with Gasteiger partial charge in [0.05, 0.1) is 4.90 Å². The van der Waals surface area contributed by atoms with Crippen LogP contribution >= 0.6 is 23.4 Å². The molecule has 140 valence electrons. The van der Waals surface area contributed by atoms with Crippen molar-refractivity contribution in [1.29, 1.82) is 0 Å². The number of anilines is 1. The molecule has 2 aromatic carbocycles. The fourth-order valence-electron chi connectivity index (χ4n) is 2.14. The van der Waals surface area contributed by atoms with Crippen LogP contribution in [0.15, 0.2) is 53.4 Å². The van der Waals surface area contributed by atoms with Crippen molar-refractivity contribution in [3.05, 3.63) is 59.4 Å². The van der Waals surface area contributed by atoms with E-state index >= 15 is 0 Å². The molecule has 1 amide bonds. The highest BCUT2D eigenvalue weighted by atomic mass is 35.5. The first kappa shape index (κ1) is 20.7. The summed E-state index contributed by atoms with van der Waals surface area (Å²) in [5, 5.41) is 2.95. The Hall–Kier alpha value is -1.61. The molecule has 0 saturated carbocycles. The summed E-state index contributed by atoms with van der Waals surface area (Å²) in [5.74, 6) is -0.475. The molecule has 0 radical (unpaired) electrons. The van der Waals surface area contributed by atoms with Crippen molar-refractivity contribution < 1.29 is 17.6 Å². The lowest BCUT2D eigenvalue weighted by Gasteiger charge is -2.18. The highest BCUT2D eigenvalue weighted by molar-refractivity contribution is 7.98. The van der Waals surface area contributed by atoms with Crippen LogP contribution in [0, 0.1) is 5.82 Å². The average Bonchev–Trinajstić information content (AvgIpc) is 2.59. The van der Waals surface area contributed by atoms with Crippen molar-refractivity contribution in [3.63, 3.8) is 0 Å². The second-order valence-corrected chi connectivity index (χ2v) is 8.54. The van der Waals surface area contributed by atoms with Crippen molar-refractivity contribution in [2.24, 2.45) is 0 Å². The Kier molecular flexibility index (Phi) is 7.45. The normalized spacial score (nSPS) is 12.6. The predicted octanol–water partition coefficient (Wildman–Crippen LogP) is 3.52. The first-order valence-corrected chi connectivity index (χ1v) is 10.9. The second-order valence-electron chi connectivity index (χ2n) is 5.41. The van der Waals surface area contributed by atoms with Crippen molar-refractivity contribution >= 4 is 45.0 Å². The number of hydrogen-bond donors (Lipinski definition) is 2. The molecule has 0 fully saturated rings. The molecule has 0 heterocycles. The van der Waals surface area contributed by atoms with Gasteiger partial charge in [-0.25, -0.2) is 12.8 Å². The SMILES string of the molecule is CSCC[C@H](NS(=O)(=O)c1ccc(Cl)cc1)C(=O)Nc1cccc(F)c1. The van der Waals surface area contributed by atoms with E-state index in [2.05, 4.69) is 10.0 Å². The molecule has 2 rings (SSSR count). The number of hydrogen-bond acceptors (Lipinski definition) is 4. The molecule has 0 spiro atoms. The summed E-state index contributed by atoms with van der Waals surface area (Å²) < 4.78 is 40.7. The van der Waals surface area contributed by atoms with Crippen LogP contribution in [0.1, 0.15) is 6.42 Å². The van der Waals surface area contributed by atoms with Gasteiger partial charge in [-0.05, 0) is 60.9 Å². The van der Waals surface area contributed by atoms with Crippen molar-refractivity contribution in [2.45, 2.75) is 17.4 Å². The van der Waals surface area contributed by atoms with E-state index in [1.54, 1.807) is 0 Å². The molecule has 0 saturated heterocycles. The molecule has 0 unspecified atom stereocenters. The molecule has 0 bridgehead atoms. The maximum absolute atomic E-state index is 13.3. The minimum Gasteiger partial charge on any atom is -0.325 e. The molecule has 2 aromatic rings. The molecule has 0 aliphatic rings. The van der Waals surface area contributed by atoms with Gasteiger partial charge < -0.3 is 5.32 Å². The average molecular weight is 417 g/mol. The summed E-state index contributed by atoms with van der Waals surface area (Å²) in [6, 6.07) is 10.1. The van der Waals surface area contributed by atoms with E-state index in [9.17, 15) is 17.6 Å². The summed E-state index contributed by atoms with van der Waals surface area (Å²) in [7, 11) is -3.90. The number of carbonyl (C=O) groups is 1. The van der Waals surface area contributed by atoms with Gasteiger partial charge in [0, 0.05) is 10.7 Å². The van der Waals surface area contributed by atoms with E-state index in [-0.39, 0.29) is 17.0 Å². The smallest absolute Gasteiger partial charge is 0.242 e. The van der Waals surface area contributed by atoms with E-state index in [1.807, 2.05) is 6.26 Å². The standard InChI is InChI=1S/C17H18ClFN2O3S2/c1-25-10-9-16(17(22)20-14-4-2-3-13(19)11-14)21-26(23,24)15-7-5-12(18)6-8-15/h2-8,11,16,21H,9-10H2,1H3,(H,20,22)/t16-/m0/s1. The van der Waals surface area contributed by atoms with E-state index in [4.69, 9.17) is 11.6 Å². The van der Waals surface area contributed by atoms with Gasteiger partial charge >= 0.3 is 0 Å². The molecule has 26 heavy (non-hydrogen) atoms. The van der Waals surface area contributed by atoms with Crippen LogP contribution in [0.3, 0.4) is 0 Å². The fourth-order valence-corrected chi connectivity index (χ4v) is 3.97. The molecular formula is C17H18ClFN2O3S2. The third-order valence-corrected chi connectivity index (χ3v) is 5.82. The zero-order valence-electron chi connectivity index (χ0n) is 13.9. The number of nitrogens with one attached hydrogen (secondary N) is 2. The Morgan fingerprint density at radius 1 is 1.23 bits per heavy atom. The van der Waals surface area contributed by atoms with E-state index in [1.165, 1.54) is 54.2 Å². The molecule has 0 aliphatic carbocycles. The minimum absolute atomic E-state index is 0.00890. The Labute approximate surface area is 161 Å². The zero-order chi connectivity index (χ0) is 19.2. The van der Waals surface area contributed by atoms with Crippen LogP contribution in [-0.4, -0.2) is 32.4 Å². The number of carbonyl (C=O) groups excluding carboxylic acids is 1. The Bertz CT molecular complexity index is 861. The number of amides is 1. The predicted molar refractivity (Wildman–Crippen MR) is 104 cm³/mol. The summed E-state index contributed by atoms with van der Waals surface area (Å²) in [6.07, 6.45) is 2.14. The molecule has 2 N–H and O–H groups in total. The lowest BCUT2D eigenvalue weighted by atomic mass is 10.2. The van der Waals surface area contributed by atoms with Gasteiger partial charge in [-0.3, -0.25) is 4.79 Å². The Morgan fingerprint density at radius 2 is 1.92 bits per heavy atom. The van der Waals surface area contributed by atoms with Gasteiger partial charge in [0.25, 0.3) is 0 Å². The van der Waals surface area contributed by atoms with Gasteiger partial charge in [-0.1, -0.05) is 17.7 Å². The van der Waals surface area contributed by atoms with Crippen LogP contribution in [0.25, 0.3) is 0 Å². The fraction of sp³-hybridized carbons (Fsp3) is 0.235. The van der Waals surface area contributed by atoms with Gasteiger partial charge in [0.2, 0.25) is 15.9 Å². The summed E-state index contributed by atoms with van der Waals surface area (Å²) in [6.45, 7) is 0. The maximum atomic E-state index is 13.3. The highest BCUT2D eigenvalue weighted by Crippen LogP contribution is 2.16. The molecular weight excluding hydrogens is 399 g/mol. The first-order valence-electron chi connectivity index (χ1n) is 7.65. The first-order chi connectivity index (χ1) is 12.3. The van der Waals surface area contributed by atoms with Crippen LogP contribution in [-0.2, 0) is 14.8 Å². The number of sulfonamides is 1. The number of halogens is 2. The van der Waals surface area contributed by atoms with Gasteiger partial charge in [0.15, 0.2) is 0 Å².